The average Bonchev–Trinajstić information content (AvgIpc) is 3.43. The van der Waals surface area contributed by atoms with Crippen LogP contribution in [0, 0.1) is 0 Å². The molecule has 32 heavy (non-hydrogen) atoms. The molecule has 0 saturated heterocycles. The van der Waals surface area contributed by atoms with Gasteiger partial charge in [0.25, 0.3) is 0 Å². The first kappa shape index (κ1) is 22.0. The molecule has 2 aromatic carbocycles. The van der Waals surface area contributed by atoms with Gasteiger partial charge < -0.3 is 14.4 Å². The Balaban J connectivity index is 1.59. The van der Waals surface area contributed by atoms with Crippen LogP contribution in [0.1, 0.15) is 19.4 Å². The van der Waals surface area contributed by atoms with Crippen molar-refractivity contribution in [2.45, 2.75) is 25.5 Å². The Hall–Kier alpha value is -3.26. The topological polar surface area (TPSA) is 69.5 Å². The Bertz CT molecular complexity index is 1110. The van der Waals surface area contributed by atoms with Crippen molar-refractivity contribution in [1.29, 1.82) is 0 Å². The number of hydrogen-bond acceptors (Lipinski definition) is 6. The van der Waals surface area contributed by atoms with Crippen LogP contribution in [0.3, 0.4) is 0 Å². The summed E-state index contributed by atoms with van der Waals surface area (Å²) in [5, 5.41) is 9.55. The van der Waals surface area contributed by atoms with E-state index in [2.05, 4.69) is 16.8 Å². The summed E-state index contributed by atoms with van der Waals surface area (Å²) in [5.41, 5.74) is 2.97. The Labute approximate surface area is 192 Å². The van der Waals surface area contributed by atoms with Crippen molar-refractivity contribution >= 4 is 17.7 Å². The Morgan fingerprint density at radius 1 is 1.16 bits per heavy atom. The second-order valence-corrected chi connectivity index (χ2v) is 8.54. The summed E-state index contributed by atoms with van der Waals surface area (Å²) in [7, 11) is 0. The highest BCUT2D eigenvalue weighted by Crippen LogP contribution is 2.33. The molecule has 7 nitrogen and oxygen atoms in total. The van der Waals surface area contributed by atoms with Gasteiger partial charge in [0.1, 0.15) is 0 Å². The molecule has 1 aliphatic rings. The standard InChI is InChI=1S/C24H26N4O3S/c1-4-27(13-17(2)3)22(29)15-32-24-26-25-23(19-8-6-5-7-9-19)28(24)14-18-10-11-20-21(12-18)31-16-30-20/h5-12H,2,4,13-16H2,1,3H3. The van der Waals surface area contributed by atoms with E-state index in [4.69, 9.17) is 9.47 Å². The molecule has 166 valence electrons. The van der Waals surface area contributed by atoms with Crippen LogP contribution in [0.5, 0.6) is 11.5 Å². The summed E-state index contributed by atoms with van der Waals surface area (Å²) in [6, 6.07) is 15.8. The third kappa shape index (κ3) is 4.96. The van der Waals surface area contributed by atoms with Gasteiger partial charge in [0.2, 0.25) is 12.7 Å². The zero-order valence-corrected chi connectivity index (χ0v) is 19.1. The van der Waals surface area contributed by atoms with Crippen molar-refractivity contribution in [2.24, 2.45) is 0 Å². The molecule has 0 atom stereocenters. The van der Waals surface area contributed by atoms with Gasteiger partial charge in [-0.25, -0.2) is 0 Å². The lowest BCUT2D eigenvalue weighted by molar-refractivity contribution is -0.127. The third-order valence-corrected chi connectivity index (χ3v) is 6.00. The SMILES string of the molecule is C=C(C)CN(CC)C(=O)CSc1nnc(-c2ccccc2)n1Cc1ccc2c(c1)OCO2. The normalized spacial score (nSPS) is 12.1. The smallest absolute Gasteiger partial charge is 0.233 e. The molecule has 0 radical (unpaired) electrons. The molecule has 1 amide bonds. The minimum atomic E-state index is 0.0550. The molecular formula is C24H26N4O3S. The van der Waals surface area contributed by atoms with E-state index < -0.39 is 0 Å². The maximum atomic E-state index is 12.7. The molecule has 0 N–H and O–H groups in total. The van der Waals surface area contributed by atoms with Crippen LogP contribution in [0.25, 0.3) is 11.4 Å². The number of nitrogens with zero attached hydrogens (tertiary/aromatic N) is 4. The largest absolute Gasteiger partial charge is 0.454 e. The first-order valence-corrected chi connectivity index (χ1v) is 11.5. The van der Waals surface area contributed by atoms with Crippen LogP contribution in [-0.2, 0) is 11.3 Å². The Morgan fingerprint density at radius 2 is 1.94 bits per heavy atom. The minimum absolute atomic E-state index is 0.0550. The number of likely N-dealkylation sites (N-methyl/N-ethyl adjacent to an activating group) is 1. The molecule has 0 fully saturated rings. The highest BCUT2D eigenvalue weighted by molar-refractivity contribution is 7.99. The van der Waals surface area contributed by atoms with E-state index >= 15 is 0 Å². The molecule has 3 aromatic rings. The third-order valence-electron chi connectivity index (χ3n) is 5.05. The van der Waals surface area contributed by atoms with E-state index in [1.54, 1.807) is 4.90 Å². The van der Waals surface area contributed by atoms with E-state index in [1.165, 1.54) is 11.8 Å². The molecule has 0 aliphatic carbocycles. The summed E-state index contributed by atoms with van der Waals surface area (Å²) < 4.78 is 13.0. The number of rotatable bonds is 9. The second-order valence-electron chi connectivity index (χ2n) is 7.60. The first-order chi connectivity index (χ1) is 15.5. The van der Waals surface area contributed by atoms with Crippen LogP contribution >= 0.6 is 11.8 Å². The van der Waals surface area contributed by atoms with Crippen molar-refractivity contribution in [3.8, 4) is 22.9 Å². The molecule has 0 spiro atoms. The number of ether oxygens (including phenoxy) is 2. The number of thioether (sulfide) groups is 1. The predicted molar refractivity (Wildman–Crippen MR) is 125 cm³/mol. The number of carbonyl (C=O) groups is 1. The van der Waals surface area contributed by atoms with E-state index in [0.29, 0.717) is 24.8 Å². The molecule has 1 aliphatic heterocycles. The van der Waals surface area contributed by atoms with Gasteiger partial charge in [-0.2, -0.15) is 0 Å². The summed E-state index contributed by atoms with van der Waals surface area (Å²) >= 11 is 1.40. The number of benzene rings is 2. The molecule has 2 heterocycles. The fourth-order valence-corrected chi connectivity index (χ4v) is 4.32. The molecule has 0 unspecified atom stereocenters. The average molecular weight is 451 g/mol. The minimum Gasteiger partial charge on any atom is -0.454 e. The molecule has 0 bridgehead atoms. The number of aromatic nitrogens is 3. The van der Waals surface area contributed by atoms with E-state index in [-0.39, 0.29) is 18.5 Å². The van der Waals surface area contributed by atoms with Gasteiger partial charge >= 0.3 is 0 Å². The molecule has 8 heteroatoms. The second kappa shape index (κ2) is 9.91. The number of carbonyl (C=O) groups excluding carboxylic acids is 1. The van der Waals surface area contributed by atoms with Crippen molar-refractivity contribution in [3.05, 3.63) is 66.2 Å². The zero-order valence-electron chi connectivity index (χ0n) is 18.3. The zero-order chi connectivity index (χ0) is 22.5. The summed E-state index contributed by atoms with van der Waals surface area (Å²) in [5.74, 6) is 2.58. The first-order valence-electron chi connectivity index (χ1n) is 10.5. The van der Waals surface area contributed by atoms with Gasteiger partial charge in [-0.3, -0.25) is 9.36 Å². The van der Waals surface area contributed by atoms with Gasteiger partial charge in [0.05, 0.1) is 12.3 Å². The molecular weight excluding hydrogens is 424 g/mol. The fraction of sp³-hybridized carbons (Fsp3) is 0.292. The summed E-state index contributed by atoms with van der Waals surface area (Å²) in [6.45, 7) is 9.82. The van der Waals surface area contributed by atoms with Crippen molar-refractivity contribution in [1.82, 2.24) is 19.7 Å². The lowest BCUT2D eigenvalue weighted by Crippen LogP contribution is -2.33. The van der Waals surface area contributed by atoms with Gasteiger partial charge in [0, 0.05) is 18.7 Å². The lowest BCUT2D eigenvalue weighted by atomic mass is 10.2. The summed E-state index contributed by atoms with van der Waals surface area (Å²) in [6.07, 6.45) is 0. The van der Waals surface area contributed by atoms with E-state index in [1.807, 2.05) is 66.9 Å². The van der Waals surface area contributed by atoms with Crippen LogP contribution < -0.4 is 9.47 Å². The quantitative estimate of drug-likeness (QED) is 0.359. The van der Waals surface area contributed by atoms with Gasteiger partial charge in [-0.15, -0.1) is 10.2 Å². The van der Waals surface area contributed by atoms with Gasteiger partial charge in [-0.05, 0) is 31.5 Å². The molecule has 0 saturated carbocycles. The van der Waals surface area contributed by atoms with Crippen LogP contribution in [0.2, 0.25) is 0 Å². The van der Waals surface area contributed by atoms with Gasteiger partial charge in [-0.1, -0.05) is 60.3 Å². The fourth-order valence-electron chi connectivity index (χ4n) is 3.48. The van der Waals surface area contributed by atoms with E-state index in [9.17, 15) is 4.79 Å². The van der Waals surface area contributed by atoms with Crippen LogP contribution in [0.4, 0.5) is 0 Å². The summed E-state index contributed by atoms with van der Waals surface area (Å²) in [4.78, 5) is 14.5. The number of amides is 1. The molecule has 4 rings (SSSR count). The van der Waals surface area contributed by atoms with Crippen LogP contribution in [-0.4, -0.2) is 51.2 Å². The predicted octanol–water partition coefficient (Wildman–Crippen LogP) is 4.24. The molecule has 1 aromatic heterocycles. The highest BCUT2D eigenvalue weighted by atomic mass is 32.2. The van der Waals surface area contributed by atoms with E-state index in [0.717, 1.165) is 34.0 Å². The van der Waals surface area contributed by atoms with Crippen molar-refractivity contribution in [3.63, 3.8) is 0 Å². The maximum absolute atomic E-state index is 12.7. The number of hydrogen-bond donors (Lipinski definition) is 0. The lowest BCUT2D eigenvalue weighted by Gasteiger charge is -2.20. The highest BCUT2D eigenvalue weighted by Gasteiger charge is 2.19. The van der Waals surface area contributed by atoms with Crippen molar-refractivity contribution in [2.75, 3.05) is 25.6 Å². The van der Waals surface area contributed by atoms with Crippen LogP contribution in [0.15, 0.2) is 65.8 Å². The monoisotopic (exact) mass is 450 g/mol. The Kier molecular flexibility index (Phi) is 6.80. The number of fused-ring (bicyclic) bond motifs is 1. The maximum Gasteiger partial charge on any atom is 0.233 e. The van der Waals surface area contributed by atoms with Crippen molar-refractivity contribution < 1.29 is 14.3 Å². The Morgan fingerprint density at radius 3 is 2.69 bits per heavy atom. The van der Waals surface area contributed by atoms with Gasteiger partial charge in [0.15, 0.2) is 22.5 Å².